The lowest BCUT2D eigenvalue weighted by molar-refractivity contribution is -0.384. The van der Waals surface area contributed by atoms with Crippen LogP contribution in [0.1, 0.15) is 16.2 Å². The number of hydrogen-bond donors (Lipinski definition) is 0. The van der Waals surface area contributed by atoms with Gasteiger partial charge >= 0.3 is 0 Å². The molecule has 0 N–H and O–H groups in total. The number of rotatable bonds is 5. The van der Waals surface area contributed by atoms with E-state index in [2.05, 4.69) is 15.0 Å². The summed E-state index contributed by atoms with van der Waals surface area (Å²) in [7, 11) is 0. The molecule has 1 amide bonds. The van der Waals surface area contributed by atoms with E-state index in [1.807, 2.05) is 16.8 Å². The lowest BCUT2D eigenvalue weighted by Crippen LogP contribution is -2.48. The van der Waals surface area contributed by atoms with E-state index in [9.17, 15) is 14.9 Å². The molecule has 0 radical (unpaired) electrons. The first kappa shape index (κ1) is 18.3. The number of hydrogen-bond acceptors (Lipinski definition) is 8. The summed E-state index contributed by atoms with van der Waals surface area (Å²) < 4.78 is 5.33. The van der Waals surface area contributed by atoms with E-state index < -0.39 is 4.92 Å². The topological polar surface area (TPSA) is 106 Å². The molecule has 28 heavy (non-hydrogen) atoms. The Hall–Kier alpha value is -3.11. The molecule has 9 nitrogen and oxygen atoms in total. The zero-order valence-electron chi connectivity index (χ0n) is 14.9. The van der Waals surface area contributed by atoms with Crippen molar-refractivity contribution in [3.63, 3.8) is 0 Å². The number of aromatic nitrogens is 2. The Balaban J connectivity index is 1.34. The number of carbonyl (C=O) groups is 1. The van der Waals surface area contributed by atoms with Gasteiger partial charge in [0.25, 0.3) is 11.6 Å². The fourth-order valence-corrected chi connectivity index (χ4v) is 3.70. The number of nitrogens with zero attached hydrogens (tertiary/aromatic N) is 5. The van der Waals surface area contributed by atoms with Crippen molar-refractivity contribution in [1.82, 2.24) is 19.9 Å². The monoisotopic (exact) mass is 399 g/mol. The maximum absolute atomic E-state index is 12.6. The average molecular weight is 399 g/mol. The fraction of sp³-hybridized carbons (Fsp3) is 0.278. The highest BCUT2D eigenvalue weighted by Crippen LogP contribution is 2.20. The first-order valence-electron chi connectivity index (χ1n) is 8.71. The Morgan fingerprint density at radius 1 is 1.25 bits per heavy atom. The van der Waals surface area contributed by atoms with Gasteiger partial charge in [-0.3, -0.25) is 19.8 Å². The number of carbonyl (C=O) groups excluding carboxylic acids is 1. The third-order valence-electron chi connectivity index (χ3n) is 4.57. The van der Waals surface area contributed by atoms with Gasteiger partial charge < -0.3 is 9.42 Å². The third kappa shape index (κ3) is 3.92. The summed E-state index contributed by atoms with van der Waals surface area (Å²) in [5.74, 6) is 0.927. The van der Waals surface area contributed by atoms with Crippen molar-refractivity contribution in [2.75, 3.05) is 26.2 Å². The summed E-state index contributed by atoms with van der Waals surface area (Å²) >= 11 is 1.58. The van der Waals surface area contributed by atoms with Crippen LogP contribution in [0.15, 0.2) is 45.6 Å². The SMILES string of the molecule is O=C(c1cccc([N+](=O)[O-])c1)N1CCN(Cc2nc(-c3ccsc3)no2)CC1. The fourth-order valence-electron chi connectivity index (χ4n) is 3.06. The first-order chi connectivity index (χ1) is 13.6. The summed E-state index contributed by atoms with van der Waals surface area (Å²) in [5, 5.41) is 18.8. The van der Waals surface area contributed by atoms with Crippen LogP contribution >= 0.6 is 11.3 Å². The second-order valence-corrected chi connectivity index (χ2v) is 7.18. The van der Waals surface area contributed by atoms with E-state index in [4.69, 9.17) is 4.52 Å². The Morgan fingerprint density at radius 2 is 2.07 bits per heavy atom. The summed E-state index contributed by atoms with van der Waals surface area (Å²) in [6, 6.07) is 7.77. The van der Waals surface area contributed by atoms with Crippen molar-refractivity contribution in [3.8, 4) is 11.4 Å². The van der Waals surface area contributed by atoms with Gasteiger partial charge in [-0.1, -0.05) is 11.2 Å². The van der Waals surface area contributed by atoms with E-state index >= 15 is 0 Å². The molecule has 10 heteroatoms. The molecular formula is C18H17N5O4S. The lowest BCUT2D eigenvalue weighted by Gasteiger charge is -2.33. The second-order valence-electron chi connectivity index (χ2n) is 6.40. The van der Waals surface area contributed by atoms with Crippen molar-refractivity contribution < 1.29 is 14.2 Å². The van der Waals surface area contributed by atoms with Crippen LogP contribution < -0.4 is 0 Å². The van der Waals surface area contributed by atoms with Crippen LogP contribution in [0.4, 0.5) is 5.69 Å². The number of benzene rings is 1. The third-order valence-corrected chi connectivity index (χ3v) is 5.25. The van der Waals surface area contributed by atoms with Crippen molar-refractivity contribution in [2.24, 2.45) is 0 Å². The molecule has 4 rings (SSSR count). The van der Waals surface area contributed by atoms with Crippen molar-refractivity contribution in [1.29, 1.82) is 0 Å². The van der Waals surface area contributed by atoms with Gasteiger partial charge in [-0.2, -0.15) is 16.3 Å². The smallest absolute Gasteiger partial charge is 0.270 e. The molecule has 0 bridgehead atoms. The number of nitro groups is 1. The van der Waals surface area contributed by atoms with Crippen LogP contribution in [0.3, 0.4) is 0 Å². The zero-order chi connectivity index (χ0) is 19.5. The van der Waals surface area contributed by atoms with Gasteiger partial charge in [-0.05, 0) is 17.5 Å². The molecule has 144 valence electrons. The van der Waals surface area contributed by atoms with Gasteiger partial charge in [-0.15, -0.1) is 0 Å². The molecule has 1 aromatic carbocycles. The highest BCUT2D eigenvalue weighted by atomic mass is 32.1. The molecule has 0 unspecified atom stereocenters. The molecule has 1 aliphatic heterocycles. The number of thiophene rings is 1. The van der Waals surface area contributed by atoms with E-state index in [1.165, 1.54) is 18.2 Å². The van der Waals surface area contributed by atoms with E-state index in [-0.39, 0.29) is 11.6 Å². The number of amides is 1. The zero-order valence-corrected chi connectivity index (χ0v) is 15.7. The number of non-ortho nitro benzene ring substituents is 1. The molecule has 3 heterocycles. The van der Waals surface area contributed by atoms with Crippen LogP contribution in [-0.2, 0) is 6.54 Å². The summed E-state index contributed by atoms with van der Waals surface area (Å²) in [6.07, 6.45) is 0. The molecular weight excluding hydrogens is 382 g/mol. The highest BCUT2D eigenvalue weighted by molar-refractivity contribution is 7.08. The Bertz CT molecular complexity index is 980. The minimum absolute atomic E-state index is 0.0812. The molecule has 1 aliphatic rings. The molecule has 1 saturated heterocycles. The van der Waals surface area contributed by atoms with Gasteiger partial charge in [0.15, 0.2) is 0 Å². The minimum atomic E-state index is -0.497. The summed E-state index contributed by atoms with van der Waals surface area (Å²) in [4.78, 5) is 31.3. The Morgan fingerprint density at radius 3 is 2.79 bits per heavy atom. The summed E-state index contributed by atoms with van der Waals surface area (Å²) in [5.41, 5.74) is 1.19. The van der Waals surface area contributed by atoms with E-state index in [0.29, 0.717) is 50.0 Å². The quantitative estimate of drug-likeness (QED) is 0.480. The molecule has 1 fully saturated rings. The second kappa shape index (κ2) is 7.87. The minimum Gasteiger partial charge on any atom is -0.338 e. The maximum atomic E-state index is 12.6. The number of nitro benzene ring substituents is 1. The van der Waals surface area contributed by atoms with Crippen molar-refractivity contribution >= 4 is 22.9 Å². The molecule has 0 atom stereocenters. The number of piperazine rings is 1. The van der Waals surface area contributed by atoms with Gasteiger partial charge in [0, 0.05) is 54.8 Å². The summed E-state index contributed by atoms with van der Waals surface area (Å²) in [6.45, 7) is 2.92. The maximum Gasteiger partial charge on any atom is 0.270 e. The average Bonchev–Trinajstić information content (AvgIpc) is 3.40. The standard InChI is InChI=1S/C18H17N5O4S/c24-18(13-2-1-3-15(10-13)23(25)26)22-7-5-21(6-8-22)11-16-19-17(20-27-16)14-4-9-28-12-14/h1-4,9-10,12H,5-8,11H2. The van der Waals surface area contributed by atoms with Crippen LogP contribution in [0.25, 0.3) is 11.4 Å². The van der Waals surface area contributed by atoms with Crippen molar-refractivity contribution in [2.45, 2.75) is 6.54 Å². The van der Waals surface area contributed by atoms with Crippen molar-refractivity contribution in [3.05, 3.63) is 62.7 Å². The van der Waals surface area contributed by atoms with E-state index in [1.54, 1.807) is 22.3 Å². The largest absolute Gasteiger partial charge is 0.338 e. The van der Waals surface area contributed by atoms with Crippen LogP contribution in [0.5, 0.6) is 0 Å². The predicted octanol–water partition coefficient (Wildman–Crippen LogP) is 2.66. The molecule has 0 saturated carbocycles. The lowest BCUT2D eigenvalue weighted by atomic mass is 10.1. The molecule has 3 aromatic rings. The Labute approximate surface area is 164 Å². The van der Waals surface area contributed by atoms with Gasteiger partial charge in [0.05, 0.1) is 11.5 Å². The van der Waals surface area contributed by atoms with E-state index in [0.717, 1.165) is 5.56 Å². The first-order valence-corrected chi connectivity index (χ1v) is 9.65. The normalized spacial score (nSPS) is 14.9. The van der Waals surface area contributed by atoms with Crippen LogP contribution in [-0.4, -0.2) is 56.9 Å². The molecule has 2 aromatic heterocycles. The predicted molar refractivity (Wildman–Crippen MR) is 102 cm³/mol. The molecule has 0 aliphatic carbocycles. The van der Waals surface area contributed by atoms with Crippen LogP contribution in [0.2, 0.25) is 0 Å². The highest BCUT2D eigenvalue weighted by Gasteiger charge is 2.24. The Kier molecular flexibility index (Phi) is 5.13. The van der Waals surface area contributed by atoms with Gasteiger partial charge in [0.1, 0.15) is 0 Å². The van der Waals surface area contributed by atoms with Gasteiger partial charge in [-0.25, -0.2) is 0 Å². The van der Waals surface area contributed by atoms with Crippen LogP contribution in [0, 0.1) is 10.1 Å². The molecule has 0 spiro atoms. The van der Waals surface area contributed by atoms with Gasteiger partial charge in [0.2, 0.25) is 11.7 Å².